The molecule has 1 spiro atoms. The van der Waals surface area contributed by atoms with Gasteiger partial charge in [-0.3, -0.25) is 14.9 Å². The molecule has 2 N–H and O–H groups in total. The van der Waals surface area contributed by atoms with E-state index in [2.05, 4.69) is 11.8 Å². The molecule has 0 amide bonds. The molecule has 1 saturated heterocycles. The molecule has 2 heterocycles. The molecule has 2 aliphatic heterocycles. The van der Waals surface area contributed by atoms with E-state index in [0.29, 0.717) is 5.75 Å². The van der Waals surface area contributed by atoms with Gasteiger partial charge < -0.3 is 15.4 Å². The number of fused-ring (bicyclic) bond motifs is 1. The molecular weight excluding hydrogens is 334 g/mol. The molecular formula is C19H27N3O4. The maximum Gasteiger partial charge on any atom is 0.293 e. The lowest BCUT2D eigenvalue weighted by Gasteiger charge is -2.44. The number of ether oxygens (including phenoxy) is 1. The van der Waals surface area contributed by atoms with E-state index in [9.17, 15) is 14.9 Å². The number of ketones is 1. The second-order valence-corrected chi connectivity index (χ2v) is 7.45. The molecule has 3 rings (SSSR count). The average Bonchev–Trinajstić information content (AvgIpc) is 2.59. The lowest BCUT2D eigenvalue weighted by molar-refractivity contribution is -0.384. The Morgan fingerprint density at radius 1 is 1.27 bits per heavy atom. The summed E-state index contributed by atoms with van der Waals surface area (Å²) in [6, 6.07) is 2.69. The van der Waals surface area contributed by atoms with E-state index in [1.54, 1.807) is 0 Å². The molecule has 0 unspecified atom stereocenters. The minimum atomic E-state index is -0.565. The zero-order valence-electron chi connectivity index (χ0n) is 15.3. The first-order valence-corrected chi connectivity index (χ1v) is 9.46. The molecule has 142 valence electrons. The predicted molar refractivity (Wildman–Crippen MR) is 99.6 cm³/mol. The van der Waals surface area contributed by atoms with E-state index in [-0.39, 0.29) is 29.1 Å². The van der Waals surface area contributed by atoms with Crippen molar-refractivity contribution in [2.45, 2.75) is 57.5 Å². The van der Waals surface area contributed by atoms with Crippen LogP contribution in [0.5, 0.6) is 5.75 Å². The Bertz CT molecular complexity index is 696. The van der Waals surface area contributed by atoms with Crippen molar-refractivity contribution in [1.29, 1.82) is 0 Å². The number of carbonyl (C=O) groups is 1. The van der Waals surface area contributed by atoms with Crippen LogP contribution in [0.3, 0.4) is 0 Å². The van der Waals surface area contributed by atoms with Crippen molar-refractivity contribution in [3.63, 3.8) is 0 Å². The van der Waals surface area contributed by atoms with Crippen LogP contribution < -0.4 is 10.5 Å². The Hall–Kier alpha value is -2.15. The highest BCUT2D eigenvalue weighted by Crippen LogP contribution is 2.42. The molecule has 0 aliphatic carbocycles. The first-order chi connectivity index (χ1) is 12.4. The molecule has 1 aromatic rings. The van der Waals surface area contributed by atoms with Gasteiger partial charge in [0.2, 0.25) is 0 Å². The normalized spacial score (nSPS) is 19.2. The topological polar surface area (TPSA) is 98.7 Å². The monoisotopic (exact) mass is 361 g/mol. The Morgan fingerprint density at radius 3 is 2.65 bits per heavy atom. The second kappa shape index (κ2) is 7.61. The standard InChI is InChI=1S/C19H27N3O4/c1-2-3-4-5-8-21-9-6-19(7-10-21)13-17(23)14-11-16(22(24)25)15(20)12-18(14)26-19/h11-12H,2-10,13,20H2,1H3. The van der Waals surface area contributed by atoms with Crippen molar-refractivity contribution in [3.8, 4) is 5.75 Å². The van der Waals surface area contributed by atoms with Crippen LogP contribution in [0.2, 0.25) is 0 Å². The Balaban J connectivity index is 1.67. The molecule has 0 saturated carbocycles. The van der Waals surface area contributed by atoms with Crippen molar-refractivity contribution < 1.29 is 14.5 Å². The number of carbonyl (C=O) groups excluding carboxylic acids is 1. The zero-order chi connectivity index (χ0) is 18.7. The highest BCUT2D eigenvalue weighted by atomic mass is 16.6. The van der Waals surface area contributed by atoms with Gasteiger partial charge in [-0.15, -0.1) is 0 Å². The molecule has 26 heavy (non-hydrogen) atoms. The van der Waals surface area contributed by atoms with Crippen LogP contribution in [0.4, 0.5) is 11.4 Å². The van der Waals surface area contributed by atoms with Gasteiger partial charge in [0.1, 0.15) is 17.0 Å². The van der Waals surface area contributed by atoms with E-state index < -0.39 is 10.5 Å². The van der Waals surface area contributed by atoms with Crippen LogP contribution in [-0.4, -0.2) is 40.8 Å². The number of hydrogen-bond acceptors (Lipinski definition) is 6. The van der Waals surface area contributed by atoms with Gasteiger partial charge in [0, 0.05) is 38.1 Å². The lowest BCUT2D eigenvalue weighted by atomic mass is 9.82. The van der Waals surface area contributed by atoms with E-state index in [1.807, 2.05) is 0 Å². The number of nitrogens with zero attached hydrogens (tertiary/aromatic N) is 2. The number of rotatable bonds is 6. The third-order valence-electron chi connectivity index (χ3n) is 5.53. The number of unbranched alkanes of at least 4 members (excludes halogenated alkanes) is 3. The van der Waals surface area contributed by atoms with Crippen molar-refractivity contribution in [2.75, 3.05) is 25.4 Å². The summed E-state index contributed by atoms with van der Waals surface area (Å²) in [5.74, 6) is 0.298. The third-order valence-corrected chi connectivity index (χ3v) is 5.53. The number of likely N-dealkylation sites (tertiary alicyclic amines) is 1. The van der Waals surface area contributed by atoms with Crippen molar-refractivity contribution in [3.05, 3.63) is 27.8 Å². The zero-order valence-corrected chi connectivity index (χ0v) is 15.3. The lowest BCUT2D eigenvalue weighted by Crippen LogP contribution is -2.51. The van der Waals surface area contributed by atoms with Gasteiger partial charge in [-0.05, 0) is 13.0 Å². The number of anilines is 1. The molecule has 1 fully saturated rings. The van der Waals surface area contributed by atoms with Gasteiger partial charge in [-0.1, -0.05) is 26.2 Å². The summed E-state index contributed by atoms with van der Waals surface area (Å²) < 4.78 is 6.19. The Labute approximate surface area is 153 Å². The first kappa shape index (κ1) is 18.6. The third kappa shape index (κ3) is 3.82. The smallest absolute Gasteiger partial charge is 0.293 e. The minimum Gasteiger partial charge on any atom is -0.486 e. The fourth-order valence-electron chi connectivity index (χ4n) is 3.93. The van der Waals surface area contributed by atoms with Crippen LogP contribution in [0, 0.1) is 10.1 Å². The largest absolute Gasteiger partial charge is 0.486 e. The molecule has 7 heteroatoms. The van der Waals surface area contributed by atoms with Crippen LogP contribution in [0.15, 0.2) is 12.1 Å². The molecule has 0 atom stereocenters. The summed E-state index contributed by atoms with van der Waals surface area (Å²) in [5.41, 5.74) is 5.35. The van der Waals surface area contributed by atoms with E-state index >= 15 is 0 Å². The first-order valence-electron chi connectivity index (χ1n) is 9.46. The van der Waals surface area contributed by atoms with Gasteiger partial charge >= 0.3 is 0 Å². The van der Waals surface area contributed by atoms with Gasteiger partial charge in [-0.2, -0.15) is 0 Å². The fraction of sp³-hybridized carbons (Fsp3) is 0.632. The molecule has 0 radical (unpaired) electrons. The number of Topliss-reactive ketones (excluding diaryl/α,β-unsaturated/α-hetero) is 1. The van der Waals surface area contributed by atoms with Crippen LogP contribution in [0.25, 0.3) is 0 Å². The maximum absolute atomic E-state index is 12.6. The van der Waals surface area contributed by atoms with Crippen LogP contribution >= 0.6 is 0 Å². The molecule has 2 aliphatic rings. The highest BCUT2D eigenvalue weighted by molar-refractivity contribution is 6.01. The fourth-order valence-corrected chi connectivity index (χ4v) is 3.93. The second-order valence-electron chi connectivity index (χ2n) is 7.45. The summed E-state index contributed by atoms with van der Waals surface area (Å²) in [6.45, 7) is 5.13. The molecule has 0 aromatic heterocycles. The Kier molecular flexibility index (Phi) is 5.46. The average molecular weight is 361 g/mol. The summed E-state index contributed by atoms with van der Waals surface area (Å²) >= 11 is 0. The number of benzene rings is 1. The van der Waals surface area contributed by atoms with Gasteiger partial charge in [0.15, 0.2) is 5.78 Å². The summed E-state index contributed by atoms with van der Waals surface area (Å²) in [5, 5.41) is 11.0. The van der Waals surface area contributed by atoms with Crippen molar-refractivity contribution in [1.82, 2.24) is 4.90 Å². The number of hydrogen-bond donors (Lipinski definition) is 1. The number of nitrogen functional groups attached to an aromatic ring is 1. The van der Waals surface area contributed by atoms with Gasteiger partial charge in [-0.25, -0.2) is 0 Å². The SMILES string of the molecule is CCCCCCN1CCC2(CC1)CC(=O)c1cc([N+](=O)[O-])c(N)cc1O2. The predicted octanol–water partition coefficient (Wildman–Crippen LogP) is 3.56. The summed E-state index contributed by atoms with van der Waals surface area (Å²) in [4.78, 5) is 25.5. The van der Waals surface area contributed by atoms with Crippen LogP contribution in [-0.2, 0) is 0 Å². The Morgan fingerprint density at radius 2 is 2.00 bits per heavy atom. The minimum absolute atomic E-state index is 0.0342. The van der Waals surface area contributed by atoms with Crippen molar-refractivity contribution in [2.24, 2.45) is 0 Å². The van der Waals surface area contributed by atoms with Crippen molar-refractivity contribution >= 4 is 17.2 Å². The quantitative estimate of drug-likeness (QED) is 0.360. The molecule has 0 bridgehead atoms. The number of piperidine rings is 1. The van der Waals surface area contributed by atoms with Gasteiger partial charge in [0.25, 0.3) is 5.69 Å². The maximum atomic E-state index is 12.6. The molecule has 1 aromatic carbocycles. The van der Waals surface area contributed by atoms with Gasteiger partial charge in [0.05, 0.1) is 16.9 Å². The van der Waals surface area contributed by atoms with E-state index in [1.165, 1.54) is 37.8 Å². The number of nitro groups is 1. The van der Waals surface area contributed by atoms with E-state index in [4.69, 9.17) is 10.5 Å². The number of nitro benzene ring substituents is 1. The van der Waals surface area contributed by atoms with E-state index in [0.717, 1.165) is 32.5 Å². The molecule has 7 nitrogen and oxygen atoms in total. The number of nitrogens with two attached hydrogens (primary N) is 1. The highest BCUT2D eigenvalue weighted by Gasteiger charge is 2.43. The summed E-state index contributed by atoms with van der Waals surface area (Å²) in [7, 11) is 0. The van der Waals surface area contributed by atoms with Crippen LogP contribution in [0.1, 0.15) is 62.2 Å². The summed E-state index contributed by atoms with van der Waals surface area (Å²) in [6.07, 6.45) is 6.86.